The Hall–Kier alpha value is -2.79. The quantitative estimate of drug-likeness (QED) is 0.709. The van der Waals surface area contributed by atoms with Crippen molar-refractivity contribution in [2.24, 2.45) is 0 Å². The van der Waals surface area contributed by atoms with Gasteiger partial charge in [0.15, 0.2) is 0 Å². The monoisotopic (exact) mass is 337 g/mol. The molecule has 5 nitrogen and oxygen atoms in total. The maximum absolute atomic E-state index is 12.6. The summed E-state index contributed by atoms with van der Waals surface area (Å²) in [5.74, 6) is 0.690. The Morgan fingerprint density at radius 2 is 2.08 bits per heavy atom. The fourth-order valence-electron chi connectivity index (χ4n) is 2.77. The molecule has 1 amide bonds. The highest BCUT2D eigenvalue weighted by Gasteiger charge is 2.12. The highest BCUT2D eigenvalue weighted by molar-refractivity contribution is 6.00. The molecule has 0 bridgehead atoms. The molecule has 0 radical (unpaired) electrons. The van der Waals surface area contributed by atoms with Gasteiger partial charge in [0.1, 0.15) is 5.75 Å². The number of anilines is 2. The summed E-state index contributed by atoms with van der Waals surface area (Å²) in [6.45, 7) is 2.43. The normalized spacial score (nSPS) is 13.7. The van der Waals surface area contributed by atoms with E-state index in [-0.39, 0.29) is 5.91 Å². The van der Waals surface area contributed by atoms with Crippen LogP contribution in [0.5, 0.6) is 5.75 Å². The number of hydrogen-bond donors (Lipinski definition) is 3. The second-order valence-corrected chi connectivity index (χ2v) is 5.90. The zero-order valence-corrected chi connectivity index (χ0v) is 14.3. The van der Waals surface area contributed by atoms with Gasteiger partial charge in [-0.05, 0) is 37.2 Å². The first-order valence-corrected chi connectivity index (χ1v) is 8.43. The molecule has 0 unspecified atom stereocenters. The van der Waals surface area contributed by atoms with E-state index in [0.717, 1.165) is 36.6 Å². The van der Waals surface area contributed by atoms with Gasteiger partial charge in [-0.1, -0.05) is 29.8 Å². The third-order valence-corrected chi connectivity index (χ3v) is 4.15. The van der Waals surface area contributed by atoms with E-state index in [1.807, 2.05) is 48.5 Å². The number of methoxy groups -OCH3 is 1. The van der Waals surface area contributed by atoms with Gasteiger partial charge in [-0.3, -0.25) is 4.79 Å². The summed E-state index contributed by atoms with van der Waals surface area (Å²) in [6, 6.07) is 15.1. The molecule has 25 heavy (non-hydrogen) atoms. The van der Waals surface area contributed by atoms with Crippen LogP contribution in [0, 0.1) is 0 Å². The van der Waals surface area contributed by atoms with Gasteiger partial charge < -0.3 is 20.7 Å². The standard InChI is InChI=1S/C20H23N3O2/c1-25-17-6-4-5-16(13-17)23-19-8-3-2-7-18(19)20(24)22-14-15-9-11-21-12-10-15/h2-9,13,21,23H,10-12,14H2,1H3,(H,22,24). The Balaban J connectivity index is 1.71. The lowest BCUT2D eigenvalue weighted by Gasteiger charge is -2.16. The van der Waals surface area contributed by atoms with Gasteiger partial charge in [-0.15, -0.1) is 0 Å². The van der Waals surface area contributed by atoms with Gasteiger partial charge >= 0.3 is 0 Å². The van der Waals surface area contributed by atoms with E-state index in [1.54, 1.807) is 7.11 Å². The molecular formula is C20H23N3O2. The summed E-state index contributed by atoms with van der Waals surface area (Å²) in [5, 5.41) is 9.59. The average molecular weight is 337 g/mol. The summed E-state index contributed by atoms with van der Waals surface area (Å²) < 4.78 is 5.25. The minimum Gasteiger partial charge on any atom is -0.497 e. The van der Waals surface area contributed by atoms with Crippen LogP contribution in [0.1, 0.15) is 16.8 Å². The van der Waals surface area contributed by atoms with Crippen LogP contribution >= 0.6 is 0 Å². The van der Waals surface area contributed by atoms with Crippen LogP contribution in [0.25, 0.3) is 0 Å². The van der Waals surface area contributed by atoms with Crippen LogP contribution in [-0.2, 0) is 0 Å². The van der Waals surface area contributed by atoms with Crippen LogP contribution in [0.3, 0.4) is 0 Å². The van der Waals surface area contributed by atoms with E-state index in [2.05, 4.69) is 22.0 Å². The number of carbonyl (C=O) groups is 1. The lowest BCUT2D eigenvalue weighted by atomic mass is 10.1. The molecule has 0 saturated heterocycles. The molecule has 0 aromatic heterocycles. The summed E-state index contributed by atoms with van der Waals surface area (Å²) in [5.41, 5.74) is 3.54. The lowest BCUT2D eigenvalue weighted by Crippen LogP contribution is -2.30. The van der Waals surface area contributed by atoms with Crippen molar-refractivity contribution in [1.29, 1.82) is 0 Å². The Bertz CT molecular complexity index is 771. The van der Waals surface area contributed by atoms with Gasteiger partial charge in [-0.25, -0.2) is 0 Å². The van der Waals surface area contributed by atoms with Crippen molar-refractivity contribution < 1.29 is 9.53 Å². The molecular weight excluding hydrogens is 314 g/mol. The molecule has 0 saturated carbocycles. The molecule has 130 valence electrons. The molecule has 3 N–H and O–H groups in total. The topological polar surface area (TPSA) is 62.4 Å². The third-order valence-electron chi connectivity index (χ3n) is 4.15. The number of carbonyl (C=O) groups excluding carboxylic acids is 1. The number of benzene rings is 2. The second-order valence-electron chi connectivity index (χ2n) is 5.90. The molecule has 3 rings (SSSR count). The van der Waals surface area contributed by atoms with Gasteiger partial charge in [-0.2, -0.15) is 0 Å². The molecule has 2 aromatic rings. The minimum absolute atomic E-state index is 0.0783. The van der Waals surface area contributed by atoms with Crippen molar-refractivity contribution in [2.45, 2.75) is 6.42 Å². The smallest absolute Gasteiger partial charge is 0.253 e. The summed E-state index contributed by atoms with van der Waals surface area (Å²) in [4.78, 5) is 12.6. The van der Waals surface area contributed by atoms with Crippen LogP contribution in [0.4, 0.5) is 11.4 Å². The first-order chi connectivity index (χ1) is 12.3. The Morgan fingerprint density at radius 3 is 2.88 bits per heavy atom. The molecule has 0 aliphatic carbocycles. The molecule has 0 spiro atoms. The van der Waals surface area contributed by atoms with Gasteiger partial charge in [0, 0.05) is 24.8 Å². The van der Waals surface area contributed by atoms with E-state index in [0.29, 0.717) is 12.1 Å². The van der Waals surface area contributed by atoms with Crippen molar-refractivity contribution in [2.75, 3.05) is 32.1 Å². The summed E-state index contributed by atoms with van der Waals surface area (Å²) in [7, 11) is 1.63. The first-order valence-electron chi connectivity index (χ1n) is 8.43. The minimum atomic E-state index is -0.0783. The van der Waals surface area contributed by atoms with E-state index >= 15 is 0 Å². The van der Waals surface area contributed by atoms with Crippen molar-refractivity contribution in [3.63, 3.8) is 0 Å². The number of amides is 1. The van der Waals surface area contributed by atoms with Crippen LogP contribution in [0.2, 0.25) is 0 Å². The first kappa shape index (κ1) is 17.0. The van der Waals surface area contributed by atoms with E-state index in [1.165, 1.54) is 5.57 Å². The van der Waals surface area contributed by atoms with Crippen molar-refractivity contribution in [3.05, 3.63) is 65.7 Å². The molecule has 0 atom stereocenters. The largest absolute Gasteiger partial charge is 0.497 e. The molecule has 2 aromatic carbocycles. The fraction of sp³-hybridized carbons (Fsp3) is 0.250. The van der Waals surface area contributed by atoms with Gasteiger partial charge in [0.2, 0.25) is 0 Å². The van der Waals surface area contributed by atoms with Crippen LogP contribution < -0.4 is 20.7 Å². The predicted octanol–water partition coefficient (Wildman–Crippen LogP) is 3.09. The summed E-state index contributed by atoms with van der Waals surface area (Å²) >= 11 is 0. The third kappa shape index (κ3) is 4.61. The molecule has 1 heterocycles. The lowest BCUT2D eigenvalue weighted by molar-refractivity contribution is 0.0957. The molecule has 5 heteroatoms. The number of rotatable bonds is 6. The highest BCUT2D eigenvalue weighted by atomic mass is 16.5. The molecule has 0 fully saturated rings. The summed E-state index contributed by atoms with van der Waals surface area (Å²) in [6.07, 6.45) is 3.12. The SMILES string of the molecule is COc1cccc(Nc2ccccc2C(=O)NCC2=CCNCC2)c1. The second kappa shape index (κ2) is 8.35. The van der Waals surface area contributed by atoms with Crippen molar-refractivity contribution >= 4 is 17.3 Å². The maximum Gasteiger partial charge on any atom is 0.253 e. The van der Waals surface area contributed by atoms with E-state index in [4.69, 9.17) is 4.74 Å². The number of hydrogen-bond acceptors (Lipinski definition) is 4. The average Bonchev–Trinajstić information content (AvgIpc) is 2.67. The Labute approximate surface area is 148 Å². The number of para-hydroxylation sites is 1. The van der Waals surface area contributed by atoms with E-state index < -0.39 is 0 Å². The molecule has 1 aliphatic heterocycles. The maximum atomic E-state index is 12.6. The zero-order chi connectivity index (χ0) is 17.5. The van der Waals surface area contributed by atoms with Gasteiger partial charge in [0.25, 0.3) is 5.91 Å². The predicted molar refractivity (Wildman–Crippen MR) is 101 cm³/mol. The highest BCUT2D eigenvalue weighted by Crippen LogP contribution is 2.24. The fourth-order valence-corrected chi connectivity index (χ4v) is 2.77. The number of ether oxygens (including phenoxy) is 1. The van der Waals surface area contributed by atoms with Crippen LogP contribution in [-0.4, -0.2) is 32.7 Å². The van der Waals surface area contributed by atoms with Crippen molar-refractivity contribution in [3.8, 4) is 5.75 Å². The van der Waals surface area contributed by atoms with Crippen LogP contribution in [0.15, 0.2) is 60.2 Å². The van der Waals surface area contributed by atoms with Crippen molar-refractivity contribution in [1.82, 2.24) is 10.6 Å². The molecule has 1 aliphatic rings. The Morgan fingerprint density at radius 1 is 1.20 bits per heavy atom. The van der Waals surface area contributed by atoms with E-state index in [9.17, 15) is 4.79 Å². The number of nitrogens with one attached hydrogen (secondary N) is 3. The van der Waals surface area contributed by atoms with Gasteiger partial charge in [0.05, 0.1) is 18.4 Å². The Kier molecular flexibility index (Phi) is 5.69. The zero-order valence-electron chi connectivity index (χ0n) is 14.3.